The largest absolute Gasteiger partial charge is 0.461 e. The first-order valence-electron chi connectivity index (χ1n) is 5.52. The van der Waals surface area contributed by atoms with Gasteiger partial charge in [-0.2, -0.15) is 79.0 Å². The van der Waals surface area contributed by atoms with Crippen LogP contribution in [0.25, 0.3) is 0 Å². The van der Waals surface area contributed by atoms with E-state index in [2.05, 4.69) is 0 Å². The Bertz CT molecular complexity index is 565. The van der Waals surface area contributed by atoms with E-state index in [0.29, 0.717) is 0 Å². The Hall–Kier alpha value is -1.37. The van der Waals surface area contributed by atoms with E-state index in [-0.39, 0.29) is 0 Å². The fourth-order valence-electron chi connectivity index (χ4n) is 1.16. The third kappa shape index (κ3) is 3.29. The molecule has 0 spiro atoms. The van der Waals surface area contributed by atoms with Gasteiger partial charge in [0.2, 0.25) is 0 Å². The molecule has 0 heterocycles. The lowest BCUT2D eigenvalue weighted by atomic mass is 10.0. The smallest absolute Gasteiger partial charge is 0.192 e. The molecule has 0 N–H and O–H groups in total. The zero-order chi connectivity index (χ0) is 23.6. The van der Waals surface area contributed by atoms with Crippen LogP contribution in [0, 0.1) is 0 Å². The van der Waals surface area contributed by atoms with Crippen molar-refractivity contribution >= 4 is 0 Å². The van der Waals surface area contributed by atoms with Crippen LogP contribution in [0.1, 0.15) is 0 Å². The zero-order valence-electron chi connectivity index (χ0n) is 11.6. The molecule has 0 atom stereocenters. The van der Waals surface area contributed by atoms with Crippen LogP contribution in [0.5, 0.6) is 0 Å². The van der Waals surface area contributed by atoms with Gasteiger partial charge in [0.15, 0.2) is 0 Å². The van der Waals surface area contributed by atoms with Crippen molar-refractivity contribution in [3.05, 3.63) is 0 Å². The lowest BCUT2D eigenvalue weighted by molar-refractivity contribution is -0.501. The molecule has 170 valence electrons. The number of rotatable bonds is 6. The summed E-state index contributed by atoms with van der Waals surface area (Å²) < 4.78 is 234. The van der Waals surface area contributed by atoms with Crippen molar-refractivity contribution in [3.8, 4) is 0 Å². The van der Waals surface area contributed by atoms with Gasteiger partial charge in [-0.1, -0.05) is 0 Å². The molecule has 0 rings (SSSR count). The van der Waals surface area contributed by atoms with Crippen molar-refractivity contribution in [3.63, 3.8) is 0 Å². The fraction of sp³-hybridized carbons (Fsp3) is 1.00. The van der Waals surface area contributed by atoms with Crippen molar-refractivity contribution in [2.45, 2.75) is 48.1 Å². The molecule has 0 aliphatic rings. The molecule has 0 amide bonds. The van der Waals surface area contributed by atoms with Gasteiger partial charge in [0.05, 0.1) is 0 Å². The molecular weight excluding hydrogens is 471 g/mol. The summed E-state index contributed by atoms with van der Waals surface area (Å²) in [7, 11) is 0. The van der Waals surface area contributed by atoms with Gasteiger partial charge in [-0.05, 0) is 5.12 Å². The Morgan fingerprint density at radius 2 is 0.571 bits per heavy atom. The van der Waals surface area contributed by atoms with Gasteiger partial charge in [0.1, 0.15) is 0 Å². The zero-order valence-corrected chi connectivity index (χ0v) is 11.6. The summed E-state index contributed by atoms with van der Waals surface area (Å²) in [5.74, 6) is -33.4. The standard InChI is InChI=1S/C8F19N/c9-1(10,2(11,12)5(17,18)19)3(13,14)7(23,24)28(27)8(25,26)4(15,16)6(20,21)22. The molecule has 28 heavy (non-hydrogen) atoms. The number of alkyl halides is 18. The first-order chi connectivity index (χ1) is 11.7. The Morgan fingerprint density at radius 1 is 0.321 bits per heavy atom. The monoisotopic (exact) mass is 471 g/mol. The third-order valence-corrected chi connectivity index (χ3v) is 2.75. The van der Waals surface area contributed by atoms with Crippen LogP contribution >= 0.6 is 0 Å². The molecule has 0 bridgehead atoms. The fourth-order valence-corrected chi connectivity index (χ4v) is 1.16. The molecule has 0 aromatic heterocycles. The summed E-state index contributed by atoms with van der Waals surface area (Å²) in [5, 5.41) is -4.88. The predicted molar refractivity (Wildman–Crippen MR) is 44.7 cm³/mol. The summed E-state index contributed by atoms with van der Waals surface area (Å²) in [6.07, 6.45) is -15.5. The minimum absolute atomic E-state index is 4.88. The molecule has 0 aliphatic carbocycles. The summed E-state index contributed by atoms with van der Waals surface area (Å²) in [4.78, 5) is 0. The summed E-state index contributed by atoms with van der Waals surface area (Å²) >= 11 is 0. The summed E-state index contributed by atoms with van der Waals surface area (Å²) in [6.45, 7) is 0. The third-order valence-electron chi connectivity index (χ3n) is 2.75. The van der Waals surface area contributed by atoms with Crippen LogP contribution in [0.4, 0.5) is 83.5 Å². The molecule has 0 unspecified atom stereocenters. The number of hydrogen-bond donors (Lipinski definition) is 0. The van der Waals surface area contributed by atoms with Crippen LogP contribution in [0.2, 0.25) is 0 Å². The second-order valence-electron chi connectivity index (χ2n) is 4.66. The van der Waals surface area contributed by atoms with E-state index in [9.17, 15) is 83.5 Å². The molecule has 0 aromatic carbocycles. The Kier molecular flexibility index (Phi) is 6.00. The first-order valence-corrected chi connectivity index (χ1v) is 5.52. The van der Waals surface area contributed by atoms with Gasteiger partial charge in [-0.15, -0.1) is 4.48 Å². The first kappa shape index (κ1) is 26.6. The SMILES string of the molecule is FN(C(F)(F)C(F)(F)C(F)(F)F)C(F)(F)C(F)(F)C(F)(F)C(F)(F)C(F)(F)F. The topological polar surface area (TPSA) is 3.24 Å². The Labute approximate surface area is 138 Å². The second kappa shape index (κ2) is 6.31. The number of hydrogen-bond acceptors (Lipinski definition) is 1. The molecular formula is C8F19N. The van der Waals surface area contributed by atoms with Crippen LogP contribution in [0.3, 0.4) is 0 Å². The molecule has 0 radical (unpaired) electrons. The van der Waals surface area contributed by atoms with Crippen LogP contribution in [-0.2, 0) is 0 Å². The highest BCUT2D eigenvalue weighted by molar-refractivity contribution is 5.06. The minimum atomic E-state index is -8.61. The van der Waals surface area contributed by atoms with Gasteiger partial charge in [0, 0.05) is 0 Å². The van der Waals surface area contributed by atoms with Crippen molar-refractivity contribution in [1.29, 1.82) is 0 Å². The lowest BCUT2D eigenvalue weighted by Crippen LogP contribution is -2.73. The van der Waals surface area contributed by atoms with E-state index < -0.39 is 53.3 Å². The normalized spacial score (nSPS) is 16.7. The van der Waals surface area contributed by atoms with E-state index in [1.54, 1.807) is 0 Å². The van der Waals surface area contributed by atoms with E-state index >= 15 is 0 Å². The van der Waals surface area contributed by atoms with E-state index in [1.807, 2.05) is 0 Å². The van der Waals surface area contributed by atoms with Gasteiger partial charge >= 0.3 is 48.1 Å². The Morgan fingerprint density at radius 3 is 0.821 bits per heavy atom. The van der Waals surface area contributed by atoms with Gasteiger partial charge < -0.3 is 0 Å². The van der Waals surface area contributed by atoms with Gasteiger partial charge in [-0.25, -0.2) is 0 Å². The highest BCUT2D eigenvalue weighted by Gasteiger charge is 2.91. The highest BCUT2D eigenvalue weighted by atomic mass is 19.4. The molecule has 0 saturated carbocycles. The summed E-state index contributed by atoms with van der Waals surface area (Å²) in [5.41, 5.74) is 0. The highest BCUT2D eigenvalue weighted by Crippen LogP contribution is 2.60. The minimum Gasteiger partial charge on any atom is -0.192 e. The number of halogens is 19. The molecule has 0 aliphatic heterocycles. The quantitative estimate of drug-likeness (QED) is 0.260. The molecule has 1 nitrogen and oxygen atoms in total. The second-order valence-corrected chi connectivity index (χ2v) is 4.66. The van der Waals surface area contributed by atoms with E-state index in [1.165, 1.54) is 0 Å². The molecule has 0 fully saturated rings. The van der Waals surface area contributed by atoms with E-state index in [0.717, 1.165) is 0 Å². The average molecular weight is 471 g/mol. The van der Waals surface area contributed by atoms with Gasteiger partial charge in [0.25, 0.3) is 0 Å². The lowest BCUT2D eigenvalue weighted by Gasteiger charge is -2.41. The maximum absolute atomic E-state index is 12.9. The van der Waals surface area contributed by atoms with Crippen molar-refractivity contribution in [2.24, 2.45) is 0 Å². The van der Waals surface area contributed by atoms with E-state index in [4.69, 9.17) is 0 Å². The maximum Gasteiger partial charge on any atom is 0.461 e. The molecule has 0 saturated heterocycles. The van der Waals surface area contributed by atoms with Crippen molar-refractivity contribution in [2.75, 3.05) is 0 Å². The predicted octanol–water partition coefficient (Wildman–Crippen LogP) is 6.02. The summed E-state index contributed by atoms with van der Waals surface area (Å²) in [6, 6.07) is -16.6. The maximum atomic E-state index is 12.9. The van der Waals surface area contributed by atoms with Gasteiger partial charge in [-0.3, -0.25) is 0 Å². The van der Waals surface area contributed by atoms with Crippen molar-refractivity contribution in [1.82, 2.24) is 5.12 Å². The average Bonchev–Trinajstić information content (AvgIpc) is 2.42. The van der Waals surface area contributed by atoms with Crippen LogP contribution in [-0.4, -0.2) is 53.3 Å². The molecule has 20 heteroatoms. The van der Waals surface area contributed by atoms with Crippen LogP contribution < -0.4 is 0 Å². The van der Waals surface area contributed by atoms with Crippen molar-refractivity contribution < 1.29 is 83.5 Å². The number of nitrogens with zero attached hydrogens (tertiary/aromatic N) is 1. The molecule has 0 aromatic rings. The van der Waals surface area contributed by atoms with Crippen LogP contribution in [0.15, 0.2) is 0 Å². The Balaban J connectivity index is 6.51.